The number of halogens is 5. The molecule has 3 nitrogen and oxygen atoms in total. The van der Waals surface area contributed by atoms with Crippen LogP contribution in [0.3, 0.4) is 0 Å². The predicted molar refractivity (Wildman–Crippen MR) is 86.6 cm³/mol. The van der Waals surface area contributed by atoms with Crippen LogP contribution in [0.2, 0.25) is 5.02 Å². The first-order valence-corrected chi connectivity index (χ1v) is 7.39. The summed E-state index contributed by atoms with van der Waals surface area (Å²) in [4.78, 5) is 12.3. The van der Waals surface area contributed by atoms with E-state index in [9.17, 15) is 18.0 Å². The van der Waals surface area contributed by atoms with Crippen LogP contribution in [0.15, 0.2) is 42.5 Å². The lowest BCUT2D eigenvalue weighted by Crippen LogP contribution is -2.20. The zero-order chi connectivity index (χ0) is 17.2. The minimum atomic E-state index is -4.71. The van der Waals surface area contributed by atoms with Crippen LogP contribution in [0, 0.1) is 5.41 Å². The SMILES string of the molecule is N=C(Br)c1ccccc1NC(=O)c1c(Cl)cccc1C(F)(F)F. The highest BCUT2D eigenvalue weighted by molar-refractivity contribution is 9.18. The van der Waals surface area contributed by atoms with Gasteiger partial charge in [0.1, 0.15) is 4.62 Å². The van der Waals surface area contributed by atoms with Crippen molar-refractivity contribution in [2.75, 3.05) is 5.32 Å². The molecule has 0 aliphatic carbocycles. The molecule has 0 heterocycles. The molecule has 0 radical (unpaired) electrons. The Balaban J connectivity index is 2.46. The van der Waals surface area contributed by atoms with Crippen LogP contribution in [0.4, 0.5) is 18.9 Å². The lowest BCUT2D eigenvalue weighted by atomic mass is 10.1. The minimum Gasteiger partial charge on any atom is -0.321 e. The van der Waals surface area contributed by atoms with E-state index in [-0.39, 0.29) is 15.3 Å². The normalized spacial score (nSPS) is 11.2. The van der Waals surface area contributed by atoms with Gasteiger partial charge in [0.25, 0.3) is 5.91 Å². The monoisotopic (exact) mass is 404 g/mol. The van der Waals surface area contributed by atoms with Gasteiger partial charge in [-0.1, -0.05) is 35.9 Å². The van der Waals surface area contributed by atoms with Gasteiger partial charge < -0.3 is 5.32 Å². The molecule has 0 aliphatic heterocycles. The topological polar surface area (TPSA) is 53.0 Å². The Hall–Kier alpha value is -1.86. The largest absolute Gasteiger partial charge is 0.417 e. The standard InChI is InChI=1S/C15H9BrClF3N2O/c16-13(21)8-4-1-2-7-11(8)22-14(23)12-9(15(18,19)20)5-3-6-10(12)17/h1-7,21H,(H,22,23). The van der Waals surface area contributed by atoms with Crippen LogP contribution in [0.25, 0.3) is 0 Å². The van der Waals surface area contributed by atoms with Crippen molar-refractivity contribution in [3.8, 4) is 0 Å². The van der Waals surface area contributed by atoms with E-state index in [0.717, 1.165) is 12.1 Å². The molecule has 1 amide bonds. The first-order chi connectivity index (χ1) is 10.7. The highest BCUT2D eigenvalue weighted by atomic mass is 79.9. The Labute approximate surface area is 143 Å². The van der Waals surface area contributed by atoms with Crippen molar-refractivity contribution >= 4 is 43.7 Å². The number of nitrogens with one attached hydrogen (secondary N) is 2. The fourth-order valence-electron chi connectivity index (χ4n) is 1.96. The molecule has 2 rings (SSSR count). The number of alkyl halides is 3. The van der Waals surface area contributed by atoms with Gasteiger partial charge in [-0.05, 0) is 34.1 Å². The molecule has 2 aromatic rings. The summed E-state index contributed by atoms with van der Waals surface area (Å²) in [5, 5.41) is 9.63. The van der Waals surface area contributed by atoms with Crippen LogP contribution >= 0.6 is 27.5 Å². The average molecular weight is 406 g/mol. The van der Waals surface area contributed by atoms with Crippen molar-refractivity contribution in [1.29, 1.82) is 5.41 Å². The summed E-state index contributed by atoms with van der Waals surface area (Å²) in [7, 11) is 0. The molecule has 0 saturated carbocycles. The van der Waals surface area contributed by atoms with Gasteiger partial charge in [0, 0.05) is 5.56 Å². The quantitative estimate of drug-likeness (QED) is 0.666. The van der Waals surface area contributed by atoms with E-state index in [4.69, 9.17) is 17.0 Å². The summed E-state index contributed by atoms with van der Waals surface area (Å²) in [5.41, 5.74) is -1.24. The van der Waals surface area contributed by atoms with Crippen molar-refractivity contribution in [3.05, 3.63) is 64.2 Å². The number of carbonyl (C=O) groups is 1. The fraction of sp³-hybridized carbons (Fsp3) is 0.0667. The van der Waals surface area contributed by atoms with Crippen molar-refractivity contribution in [2.24, 2.45) is 0 Å². The highest BCUT2D eigenvalue weighted by Gasteiger charge is 2.36. The number of hydrogen-bond acceptors (Lipinski definition) is 2. The second kappa shape index (κ2) is 6.72. The van der Waals surface area contributed by atoms with Crippen LogP contribution in [0.5, 0.6) is 0 Å². The van der Waals surface area contributed by atoms with Gasteiger partial charge in [-0.3, -0.25) is 10.2 Å². The van der Waals surface area contributed by atoms with E-state index in [2.05, 4.69) is 21.2 Å². The summed E-state index contributed by atoms with van der Waals surface area (Å²) in [6.07, 6.45) is -4.71. The van der Waals surface area contributed by atoms with Crippen LogP contribution < -0.4 is 5.32 Å². The summed E-state index contributed by atoms with van der Waals surface area (Å²) in [6, 6.07) is 9.38. The Morgan fingerprint density at radius 1 is 1.13 bits per heavy atom. The molecule has 0 fully saturated rings. The fourth-order valence-corrected chi connectivity index (χ4v) is 2.57. The summed E-state index contributed by atoms with van der Waals surface area (Å²) >= 11 is 8.75. The summed E-state index contributed by atoms with van der Waals surface area (Å²) < 4.78 is 39.2. The van der Waals surface area contributed by atoms with Gasteiger partial charge in [0.2, 0.25) is 0 Å². The number of amides is 1. The third-order valence-electron chi connectivity index (χ3n) is 2.96. The molecule has 0 aliphatic rings. The average Bonchev–Trinajstić information content (AvgIpc) is 2.46. The zero-order valence-electron chi connectivity index (χ0n) is 11.3. The second-order valence-corrected chi connectivity index (χ2v) is 5.67. The van der Waals surface area contributed by atoms with Crippen LogP contribution in [-0.2, 0) is 6.18 Å². The third-order valence-corrected chi connectivity index (χ3v) is 3.70. The van der Waals surface area contributed by atoms with Gasteiger partial charge in [-0.15, -0.1) is 0 Å². The lowest BCUT2D eigenvalue weighted by Gasteiger charge is -2.15. The summed E-state index contributed by atoms with van der Waals surface area (Å²) in [6.45, 7) is 0. The number of carbonyl (C=O) groups excluding carboxylic acids is 1. The molecule has 0 bridgehead atoms. The number of hydrogen-bond donors (Lipinski definition) is 2. The highest BCUT2D eigenvalue weighted by Crippen LogP contribution is 2.35. The minimum absolute atomic E-state index is 0.0106. The molecule has 23 heavy (non-hydrogen) atoms. The maximum atomic E-state index is 13.1. The van der Waals surface area contributed by atoms with Crippen molar-refractivity contribution < 1.29 is 18.0 Å². The molecular weight excluding hydrogens is 397 g/mol. The molecule has 120 valence electrons. The first kappa shape index (κ1) is 17.5. The molecule has 0 atom stereocenters. The number of anilines is 1. The van der Waals surface area contributed by atoms with Gasteiger partial charge in [0.05, 0.1) is 21.8 Å². The summed E-state index contributed by atoms with van der Waals surface area (Å²) in [5.74, 6) is -0.996. The third kappa shape index (κ3) is 3.92. The molecule has 8 heteroatoms. The van der Waals surface area contributed by atoms with E-state index in [1.165, 1.54) is 12.1 Å². The van der Waals surface area contributed by atoms with Gasteiger partial charge in [-0.25, -0.2) is 0 Å². The molecule has 2 aromatic carbocycles. The number of rotatable bonds is 3. The van der Waals surface area contributed by atoms with Gasteiger partial charge >= 0.3 is 6.18 Å². The van der Waals surface area contributed by atoms with Crippen molar-refractivity contribution in [2.45, 2.75) is 6.18 Å². The van der Waals surface area contributed by atoms with Crippen LogP contribution in [0.1, 0.15) is 21.5 Å². The van der Waals surface area contributed by atoms with Crippen molar-refractivity contribution in [3.63, 3.8) is 0 Å². The Morgan fingerprint density at radius 2 is 1.78 bits per heavy atom. The Kier molecular flexibility index (Phi) is 5.11. The maximum Gasteiger partial charge on any atom is 0.417 e. The maximum absolute atomic E-state index is 13.1. The van der Waals surface area contributed by atoms with Crippen molar-refractivity contribution in [1.82, 2.24) is 0 Å². The number of benzene rings is 2. The van der Waals surface area contributed by atoms with E-state index >= 15 is 0 Å². The van der Waals surface area contributed by atoms with E-state index in [1.807, 2.05) is 0 Å². The molecular formula is C15H9BrClF3N2O. The molecule has 0 unspecified atom stereocenters. The lowest BCUT2D eigenvalue weighted by molar-refractivity contribution is -0.137. The first-order valence-electron chi connectivity index (χ1n) is 6.22. The number of para-hydroxylation sites is 1. The van der Waals surface area contributed by atoms with Gasteiger partial charge in [-0.2, -0.15) is 13.2 Å². The molecule has 0 spiro atoms. The zero-order valence-corrected chi connectivity index (χ0v) is 13.7. The Morgan fingerprint density at radius 3 is 2.39 bits per heavy atom. The van der Waals surface area contributed by atoms with E-state index in [0.29, 0.717) is 5.56 Å². The Bertz CT molecular complexity index is 778. The predicted octanol–water partition coefficient (Wildman–Crippen LogP) is 5.33. The molecule has 0 aromatic heterocycles. The van der Waals surface area contributed by atoms with Crippen LogP contribution in [-0.4, -0.2) is 10.5 Å². The van der Waals surface area contributed by atoms with E-state index < -0.39 is 23.2 Å². The van der Waals surface area contributed by atoms with E-state index in [1.54, 1.807) is 18.2 Å². The van der Waals surface area contributed by atoms with Gasteiger partial charge in [0.15, 0.2) is 0 Å². The second-order valence-electron chi connectivity index (χ2n) is 4.47. The smallest absolute Gasteiger partial charge is 0.321 e. The molecule has 2 N–H and O–H groups in total. The molecule has 0 saturated heterocycles.